The van der Waals surface area contributed by atoms with Crippen molar-refractivity contribution in [3.05, 3.63) is 11.9 Å². The molecule has 3 unspecified atom stereocenters. The molecule has 1 aromatic heterocycles. The maximum absolute atomic E-state index is 11.4. The minimum absolute atomic E-state index is 0.0311. The number of hydrogen-bond donors (Lipinski definition) is 1. The molecular formula is C13H21N3O. The van der Waals surface area contributed by atoms with Crippen LogP contribution in [0.5, 0.6) is 0 Å². The van der Waals surface area contributed by atoms with E-state index in [9.17, 15) is 5.11 Å². The molecule has 0 saturated heterocycles. The summed E-state index contributed by atoms with van der Waals surface area (Å²) in [4.78, 5) is 0. The molecule has 2 saturated carbocycles. The van der Waals surface area contributed by atoms with Crippen LogP contribution in [0, 0.1) is 16.7 Å². The van der Waals surface area contributed by atoms with E-state index in [1.165, 1.54) is 6.42 Å². The van der Waals surface area contributed by atoms with Gasteiger partial charge in [0, 0.05) is 17.9 Å². The number of rotatable bonds is 1. The van der Waals surface area contributed by atoms with E-state index < -0.39 is 5.60 Å². The van der Waals surface area contributed by atoms with E-state index in [1.54, 1.807) is 10.9 Å². The van der Waals surface area contributed by atoms with Gasteiger partial charge in [-0.3, -0.25) is 0 Å². The van der Waals surface area contributed by atoms with E-state index in [-0.39, 0.29) is 10.8 Å². The van der Waals surface area contributed by atoms with Crippen LogP contribution in [-0.4, -0.2) is 20.1 Å². The lowest BCUT2D eigenvalue weighted by Crippen LogP contribution is -2.52. The summed E-state index contributed by atoms with van der Waals surface area (Å²) in [5.41, 5.74) is -0.0694. The summed E-state index contributed by atoms with van der Waals surface area (Å²) >= 11 is 0. The first-order valence-corrected chi connectivity index (χ1v) is 6.40. The summed E-state index contributed by atoms with van der Waals surface area (Å²) in [6, 6.07) is 0. The Morgan fingerprint density at radius 3 is 2.59 bits per heavy atom. The normalized spacial score (nSPS) is 43.2. The Hall–Kier alpha value is -0.900. The minimum atomic E-state index is -0.804. The van der Waals surface area contributed by atoms with Crippen LogP contribution in [-0.2, 0) is 12.6 Å². The minimum Gasteiger partial charge on any atom is -0.382 e. The third-order valence-electron chi connectivity index (χ3n) is 5.65. The van der Waals surface area contributed by atoms with Crippen molar-refractivity contribution in [1.29, 1.82) is 0 Å². The van der Waals surface area contributed by atoms with E-state index in [0.29, 0.717) is 5.92 Å². The molecule has 4 heteroatoms. The van der Waals surface area contributed by atoms with Crippen LogP contribution in [0.4, 0.5) is 0 Å². The first-order valence-electron chi connectivity index (χ1n) is 6.40. The number of aromatic nitrogens is 3. The van der Waals surface area contributed by atoms with Crippen molar-refractivity contribution in [2.45, 2.75) is 45.6 Å². The Bertz CT molecular complexity index is 460. The van der Waals surface area contributed by atoms with Crippen molar-refractivity contribution < 1.29 is 5.11 Å². The Morgan fingerprint density at radius 2 is 2.12 bits per heavy atom. The molecule has 1 aromatic rings. The Balaban J connectivity index is 2.21. The third-order valence-corrected chi connectivity index (χ3v) is 5.65. The highest BCUT2D eigenvalue weighted by Crippen LogP contribution is 2.71. The first kappa shape index (κ1) is 11.2. The molecule has 2 fully saturated rings. The van der Waals surface area contributed by atoms with Crippen LogP contribution < -0.4 is 0 Å². The second-order valence-corrected chi connectivity index (χ2v) is 6.68. The summed E-state index contributed by atoms with van der Waals surface area (Å²) in [5.74, 6) is 0.604. The Labute approximate surface area is 102 Å². The lowest BCUT2D eigenvalue weighted by molar-refractivity contribution is -0.155. The number of aryl methyl sites for hydroxylation is 1. The van der Waals surface area contributed by atoms with E-state index in [2.05, 4.69) is 31.1 Å². The first-order chi connectivity index (χ1) is 7.83. The highest BCUT2D eigenvalue weighted by molar-refractivity contribution is 5.27. The van der Waals surface area contributed by atoms with Crippen LogP contribution in [0.1, 0.15) is 45.7 Å². The molecule has 0 aromatic carbocycles. The van der Waals surface area contributed by atoms with Gasteiger partial charge in [-0.15, -0.1) is 5.10 Å². The monoisotopic (exact) mass is 235 g/mol. The predicted molar refractivity (Wildman–Crippen MR) is 64.1 cm³/mol. The molecule has 1 heterocycles. The topological polar surface area (TPSA) is 50.9 Å². The van der Waals surface area contributed by atoms with Crippen LogP contribution in [0.25, 0.3) is 0 Å². The van der Waals surface area contributed by atoms with Gasteiger partial charge < -0.3 is 5.11 Å². The van der Waals surface area contributed by atoms with Crippen LogP contribution in [0.15, 0.2) is 6.20 Å². The second kappa shape index (κ2) is 2.91. The molecule has 0 spiro atoms. The van der Waals surface area contributed by atoms with Crippen LogP contribution >= 0.6 is 0 Å². The highest BCUT2D eigenvalue weighted by atomic mass is 16.3. The largest absolute Gasteiger partial charge is 0.382 e. The molecule has 0 amide bonds. The quantitative estimate of drug-likeness (QED) is 0.808. The van der Waals surface area contributed by atoms with Crippen molar-refractivity contribution in [1.82, 2.24) is 15.0 Å². The Morgan fingerprint density at radius 1 is 1.41 bits per heavy atom. The van der Waals surface area contributed by atoms with E-state index in [0.717, 1.165) is 18.5 Å². The zero-order chi connectivity index (χ0) is 12.5. The lowest BCUT2D eigenvalue weighted by Gasteiger charge is -2.50. The maximum Gasteiger partial charge on any atom is 0.118 e. The fraction of sp³-hybridized carbons (Fsp3) is 0.846. The number of nitrogens with zero attached hydrogens (tertiary/aromatic N) is 3. The summed E-state index contributed by atoms with van der Waals surface area (Å²) < 4.78 is 1.73. The third kappa shape index (κ3) is 1.03. The van der Waals surface area contributed by atoms with Crippen molar-refractivity contribution in [3.63, 3.8) is 0 Å². The molecule has 2 aliphatic carbocycles. The number of hydrogen-bond acceptors (Lipinski definition) is 3. The molecule has 4 nitrogen and oxygen atoms in total. The zero-order valence-corrected chi connectivity index (χ0v) is 11.1. The molecule has 17 heavy (non-hydrogen) atoms. The molecule has 3 rings (SSSR count). The predicted octanol–water partition coefficient (Wildman–Crippen LogP) is 1.85. The number of aliphatic hydroxyl groups is 1. The summed E-state index contributed by atoms with van der Waals surface area (Å²) in [5, 5.41) is 19.3. The van der Waals surface area contributed by atoms with Crippen molar-refractivity contribution >= 4 is 0 Å². The number of fused-ring (bicyclic) bond motifs is 2. The van der Waals surface area contributed by atoms with E-state index in [4.69, 9.17) is 0 Å². The summed E-state index contributed by atoms with van der Waals surface area (Å²) in [6.07, 6.45) is 5.18. The molecule has 2 aliphatic rings. The van der Waals surface area contributed by atoms with Gasteiger partial charge in [-0.25, -0.2) is 4.68 Å². The second-order valence-electron chi connectivity index (χ2n) is 6.68. The maximum atomic E-state index is 11.4. The average Bonchev–Trinajstić information content (AvgIpc) is 2.86. The van der Waals surface area contributed by atoms with Crippen LogP contribution in [0.3, 0.4) is 0 Å². The fourth-order valence-corrected chi connectivity index (χ4v) is 4.52. The van der Waals surface area contributed by atoms with Gasteiger partial charge in [-0.1, -0.05) is 26.0 Å². The van der Waals surface area contributed by atoms with Crippen LogP contribution in [0.2, 0.25) is 0 Å². The van der Waals surface area contributed by atoms with E-state index >= 15 is 0 Å². The van der Waals surface area contributed by atoms with Gasteiger partial charge in [0.2, 0.25) is 0 Å². The SMILES string of the molecule is Cn1nncc1C1(O)C2(C)CCC(C2)C1(C)C. The lowest BCUT2D eigenvalue weighted by atomic mass is 9.59. The molecule has 2 bridgehead atoms. The Kier molecular flexibility index (Phi) is 1.92. The smallest absolute Gasteiger partial charge is 0.118 e. The van der Waals surface area contributed by atoms with Gasteiger partial charge in [-0.05, 0) is 25.2 Å². The van der Waals surface area contributed by atoms with Crippen molar-refractivity contribution in [2.75, 3.05) is 0 Å². The molecule has 1 N–H and O–H groups in total. The van der Waals surface area contributed by atoms with Gasteiger partial charge in [0.05, 0.1) is 11.9 Å². The molecule has 0 radical (unpaired) electrons. The summed E-state index contributed by atoms with van der Waals surface area (Å²) in [7, 11) is 1.87. The molecule has 0 aliphatic heterocycles. The van der Waals surface area contributed by atoms with Gasteiger partial charge in [-0.2, -0.15) is 0 Å². The molecule has 94 valence electrons. The zero-order valence-electron chi connectivity index (χ0n) is 11.1. The van der Waals surface area contributed by atoms with Gasteiger partial charge in [0.25, 0.3) is 0 Å². The average molecular weight is 235 g/mol. The van der Waals surface area contributed by atoms with Gasteiger partial charge in [0.1, 0.15) is 5.60 Å². The molecular weight excluding hydrogens is 214 g/mol. The summed E-state index contributed by atoms with van der Waals surface area (Å²) in [6.45, 7) is 6.60. The van der Waals surface area contributed by atoms with Gasteiger partial charge in [0.15, 0.2) is 0 Å². The van der Waals surface area contributed by atoms with Crippen molar-refractivity contribution in [3.8, 4) is 0 Å². The fourth-order valence-electron chi connectivity index (χ4n) is 4.52. The standard InChI is InChI=1S/C13H21N3O/c1-11(2)9-5-6-12(3,7-9)13(11,17)10-8-14-15-16(10)4/h8-9,17H,5-7H2,1-4H3. The molecule has 3 atom stereocenters. The van der Waals surface area contributed by atoms with Gasteiger partial charge >= 0.3 is 0 Å². The van der Waals surface area contributed by atoms with E-state index in [1.807, 2.05) is 7.05 Å². The van der Waals surface area contributed by atoms with Crippen molar-refractivity contribution in [2.24, 2.45) is 23.8 Å². The highest BCUT2D eigenvalue weighted by Gasteiger charge is 2.70.